The molecule has 0 radical (unpaired) electrons. The zero-order valence-corrected chi connectivity index (χ0v) is 16.2. The van der Waals surface area contributed by atoms with Crippen LogP contribution in [-0.4, -0.2) is 60.8 Å². The van der Waals surface area contributed by atoms with Crippen LogP contribution in [0.4, 0.5) is 11.5 Å². The SMILES string of the molecule is COc1ccc(N2CCN(C(=O)c3ccc(NCC(C)C)nn3)CC2)cc1. The lowest BCUT2D eigenvalue weighted by molar-refractivity contribution is 0.0739. The van der Waals surface area contributed by atoms with Gasteiger partial charge in [-0.15, -0.1) is 10.2 Å². The van der Waals surface area contributed by atoms with E-state index in [0.717, 1.165) is 31.1 Å². The first-order chi connectivity index (χ1) is 13.1. The van der Waals surface area contributed by atoms with Gasteiger partial charge in [0.2, 0.25) is 0 Å². The van der Waals surface area contributed by atoms with Gasteiger partial charge in [-0.1, -0.05) is 13.8 Å². The van der Waals surface area contributed by atoms with Gasteiger partial charge in [0.05, 0.1) is 7.11 Å². The molecule has 27 heavy (non-hydrogen) atoms. The number of anilines is 2. The van der Waals surface area contributed by atoms with Gasteiger partial charge in [-0.2, -0.15) is 0 Å². The highest BCUT2D eigenvalue weighted by molar-refractivity contribution is 5.92. The summed E-state index contributed by atoms with van der Waals surface area (Å²) in [7, 11) is 1.66. The van der Waals surface area contributed by atoms with Gasteiger partial charge in [0.1, 0.15) is 11.6 Å². The van der Waals surface area contributed by atoms with E-state index in [0.29, 0.717) is 30.5 Å². The Bertz CT molecular complexity index is 738. The maximum atomic E-state index is 12.7. The van der Waals surface area contributed by atoms with E-state index in [1.807, 2.05) is 35.2 Å². The number of rotatable bonds is 6. The van der Waals surface area contributed by atoms with E-state index in [-0.39, 0.29) is 5.91 Å². The lowest BCUT2D eigenvalue weighted by Crippen LogP contribution is -2.49. The standard InChI is InChI=1S/C20H27N5O2/c1-15(2)14-21-19-9-8-18(22-23-19)20(26)25-12-10-24(11-13-25)16-4-6-17(27-3)7-5-16/h4-9,15H,10-14H2,1-3H3,(H,21,23). The van der Waals surface area contributed by atoms with Gasteiger partial charge in [0.15, 0.2) is 5.69 Å². The van der Waals surface area contributed by atoms with E-state index in [4.69, 9.17) is 4.74 Å². The van der Waals surface area contributed by atoms with Crippen LogP contribution in [0.5, 0.6) is 5.75 Å². The minimum atomic E-state index is -0.0627. The Morgan fingerprint density at radius 3 is 2.33 bits per heavy atom. The summed E-state index contributed by atoms with van der Waals surface area (Å²) in [5.74, 6) is 2.00. The van der Waals surface area contributed by atoms with E-state index in [1.165, 1.54) is 0 Å². The lowest BCUT2D eigenvalue weighted by Gasteiger charge is -2.36. The Hall–Kier alpha value is -2.83. The quantitative estimate of drug-likeness (QED) is 0.844. The van der Waals surface area contributed by atoms with Gasteiger partial charge in [-0.3, -0.25) is 4.79 Å². The van der Waals surface area contributed by atoms with Crippen LogP contribution < -0.4 is 15.0 Å². The molecule has 7 nitrogen and oxygen atoms in total. The fourth-order valence-corrected chi connectivity index (χ4v) is 2.97. The third-order valence-corrected chi connectivity index (χ3v) is 4.58. The molecule has 1 aliphatic rings. The Balaban J connectivity index is 1.54. The van der Waals surface area contributed by atoms with Gasteiger partial charge >= 0.3 is 0 Å². The molecular formula is C20H27N5O2. The van der Waals surface area contributed by atoms with Crippen LogP contribution in [0.1, 0.15) is 24.3 Å². The van der Waals surface area contributed by atoms with Gasteiger partial charge in [-0.05, 0) is 42.3 Å². The minimum Gasteiger partial charge on any atom is -0.497 e. The summed E-state index contributed by atoms with van der Waals surface area (Å²) in [4.78, 5) is 16.8. The molecule has 1 N–H and O–H groups in total. The number of hydrogen-bond donors (Lipinski definition) is 1. The molecular weight excluding hydrogens is 342 g/mol. The van der Waals surface area contributed by atoms with Crippen molar-refractivity contribution in [2.45, 2.75) is 13.8 Å². The van der Waals surface area contributed by atoms with E-state index in [2.05, 4.69) is 34.3 Å². The van der Waals surface area contributed by atoms with Gasteiger partial charge in [-0.25, -0.2) is 0 Å². The first kappa shape index (κ1) is 18.9. The molecule has 3 rings (SSSR count). The average Bonchev–Trinajstić information content (AvgIpc) is 2.72. The molecule has 144 valence electrons. The van der Waals surface area contributed by atoms with E-state index in [9.17, 15) is 4.79 Å². The molecule has 0 saturated carbocycles. The molecule has 0 bridgehead atoms. The molecule has 1 fully saturated rings. The van der Waals surface area contributed by atoms with Crippen LogP contribution in [0.15, 0.2) is 36.4 Å². The molecule has 0 aliphatic carbocycles. The monoisotopic (exact) mass is 369 g/mol. The van der Waals surface area contributed by atoms with Crippen molar-refractivity contribution in [3.63, 3.8) is 0 Å². The Kier molecular flexibility index (Phi) is 6.11. The number of methoxy groups -OCH3 is 1. The Morgan fingerprint density at radius 1 is 1.07 bits per heavy atom. The highest BCUT2D eigenvalue weighted by Crippen LogP contribution is 2.21. The summed E-state index contributed by atoms with van der Waals surface area (Å²) in [6, 6.07) is 11.6. The molecule has 2 heterocycles. The fraction of sp³-hybridized carbons (Fsp3) is 0.450. The Morgan fingerprint density at radius 2 is 1.78 bits per heavy atom. The Labute approximate surface area is 160 Å². The molecule has 1 aromatic carbocycles. The summed E-state index contributed by atoms with van der Waals surface area (Å²) in [5.41, 5.74) is 1.53. The van der Waals surface area contributed by atoms with Crippen LogP contribution in [-0.2, 0) is 0 Å². The predicted octanol–water partition coefficient (Wildman–Crippen LogP) is 2.52. The topological polar surface area (TPSA) is 70.6 Å². The maximum absolute atomic E-state index is 12.7. The first-order valence-electron chi connectivity index (χ1n) is 9.32. The van der Waals surface area contributed by atoms with Gasteiger partial charge < -0.3 is 19.9 Å². The molecule has 0 unspecified atom stereocenters. The molecule has 1 aliphatic heterocycles. The number of amides is 1. The molecule has 0 spiro atoms. The number of benzene rings is 1. The van der Waals surface area contributed by atoms with Crippen LogP contribution in [0.3, 0.4) is 0 Å². The molecule has 1 saturated heterocycles. The normalized spacial score (nSPS) is 14.4. The number of carbonyl (C=O) groups is 1. The third kappa shape index (κ3) is 4.87. The predicted molar refractivity (Wildman–Crippen MR) is 106 cm³/mol. The molecule has 1 amide bonds. The summed E-state index contributed by atoms with van der Waals surface area (Å²) < 4.78 is 5.20. The first-order valence-corrected chi connectivity index (χ1v) is 9.32. The summed E-state index contributed by atoms with van der Waals surface area (Å²) in [6.07, 6.45) is 0. The number of carbonyl (C=O) groups excluding carboxylic acids is 1. The van der Waals surface area contributed by atoms with Crippen molar-refractivity contribution in [3.8, 4) is 5.75 Å². The van der Waals surface area contributed by atoms with Crippen LogP contribution >= 0.6 is 0 Å². The zero-order valence-electron chi connectivity index (χ0n) is 16.2. The number of hydrogen-bond acceptors (Lipinski definition) is 6. The number of ether oxygens (including phenoxy) is 1. The fourth-order valence-electron chi connectivity index (χ4n) is 2.97. The molecule has 2 aromatic rings. The van der Waals surface area contributed by atoms with Crippen molar-refractivity contribution < 1.29 is 9.53 Å². The number of piperazine rings is 1. The largest absolute Gasteiger partial charge is 0.497 e. The number of nitrogens with one attached hydrogen (secondary N) is 1. The highest BCUT2D eigenvalue weighted by Gasteiger charge is 2.23. The van der Waals surface area contributed by atoms with Crippen molar-refractivity contribution in [3.05, 3.63) is 42.1 Å². The second-order valence-corrected chi connectivity index (χ2v) is 7.06. The van der Waals surface area contributed by atoms with Gasteiger partial charge in [0, 0.05) is 38.4 Å². The smallest absolute Gasteiger partial charge is 0.274 e. The van der Waals surface area contributed by atoms with Crippen LogP contribution in [0, 0.1) is 5.92 Å². The minimum absolute atomic E-state index is 0.0627. The van der Waals surface area contributed by atoms with Crippen molar-refractivity contribution in [1.29, 1.82) is 0 Å². The van der Waals surface area contributed by atoms with E-state index < -0.39 is 0 Å². The second-order valence-electron chi connectivity index (χ2n) is 7.06. The van der Waals surface area contributed by atoms with Gasteiger partial charge in [0.25, 0.3) is 5.91 Å². The van der Waals surface area contributed by atoms with Crippen molar-refractivity contribution >= 4 is 17.4 Å². The second kappa shape index (κ2) is 8.70. The highest BCUT2D eigenvalue weighted by atomic mass is 16.5. The number of aromatic nitrogens is 2. The average molecular weight is 369 g/mol. The lowest BCUT2D eigenvalue weighted by atomic mass is 10.2. The maximum Gasteiger partial charge on any atom is 0.274 e. The molecule has 7 heteroatoms. The van der Waals surface area contributed by atoms with E-state index >= 15 is 0 Å². The van der Waals surface area contributed by atoms with Crippen LogP contribution in [0.25, 0.3) is 0 Å². The summed E-state index contributed by atoms with van der Waals surface area (Å²) in [5, 5.41) is 11.4. The van der Waals surface area contributed by atoms with Crippen molar-refractivity contribution in [1.82, 2.24) is 15.1 Å². The summed E-state index contributed by atoms with van der Waals surface area (Å²) in [6.45, 7) is 8.00. The molecule has 1 aromatic heterocycles. The van der Waals surface area contributed by atoms with Crippen molar-refractivity contribution in [2.75, 3.05) is 50.1 Å². The zero-order chi connectivity index (χ0) is 19.2. The number of nitrogens with zero attached hydrogens (tertiary/aromatic N) is 4. The van der Waals surface area contributed by atoms with Crippen LogP contribution in [0.2, 0.25) is 0 Å². The third-order valence-electron chi connectivity index (χ3n) is 4.58. The van der Waals surface area contributed by atoms with E-state index in [1.54, 1.807) is 13.2 Å². The molecule has 0 atom stereocenters. The van der Waals surface area contributed by atoms with Crippen molar-refractivity contribution in [2.24, 2.45) is 5.92 Å². The summed E-state index contributed by atoms with van der Waals surface area (Å²) >= 11 is 0.